The van der Waals surface area contributed by atoms with Gasteiger partial charge in [0.1, 0.15) is 15.6 Å². The molecule has 0 spiro atoms. The van der Waals surface area contributed by atoms with E-state index in [4.69, 9.17) is 4.74 Å². The highest BCUT2D eigenvalue weighted by Crippen LogP contribution is 2.26. The van der Waals surface area contributed by atoms with Crippen LogP contribution in [0.1, 0.15) is 20.2 Å². The number of aromatic nitrogens is 1. The Labute approximate surface area is 129 Å². The maximum absolute atomic E-state index is 11.4. The zero-order valence-corrected chi connectivity index (χ0v) is 13.4. The van der Waals surface area contributed by atoms with Gasteiger partial charge in [0.2, 0.25) is 0 Å². The molecule has 20 heavy (non-hydrogen) atoms. The van der Waals surface area contributed by atoms with Crippen molar-refractivity contribution in [3.63, 3.8) is 0 Å². The highest BCUT2D eigenvalue weighted by atomic mass is 79.9. The van der Waals surface area contributed by atoms with Crippen LogP contribution < -0.4 is 10.1 Å². The number of rotatable bonds is 4. The number of amides is 1. The molecule has 0 unspecified atom stereocenters. The number of benzene rings is 1. The van der Waals surface area contributed by atoms with Crippen LogP contribution in [0, 0.1) is 0 Å². The molecule has 0 bridgehead atoms. The summed E-state index contributed by atoms with van der Waals surface area (Å²) < 4.78 is 6.07. The second-order valence-corrected chi connectivity index (χ2v) is 5.79. The Bertz CT molecular complexity index is 652. The molecule has 2 aromatic rings. The highest BCUT2D eigenvalue weighted by Gasteiger charge is 2.06. The van der Waals surface area contributed by atoms with Gasteiger partial charge in [0.25, 0.3) is 5.91 Å². The van der Waals surface area contributed by atoms with Gasteiger partial charge in [-0.2, -0.15) is 0 Å². The zero-order valence-electron chi connectivity index (χ0n) is 11.0. The molecule has 4 nitrogen and oxygen atoms in total. The third-order valence-electron chi connectivity index (χ3n) is 2.57. The predicted octanol–water partition coefficient (Wildman–Crippen LogP) is 3.44. The number of nitrogens with zero attached hydrogens (tertiary/aromatic N) is 1. The molecule has 1 aromatic heterocycles. The molecule has 0 saturated heterocycles. The third-order valence-corrected chi connectivity index (χ3v) is 4.15. The Hall–Kier alpha value is -1.66. The monoisotopic (exact) mass is 352 g/mol. The van der Waals surface area contributed by atoms with Crippen LogP contribution in [0.15, 0.2) is 28.9 Å². The van der Waals surface area contributed by atoms with E-state index in [9.17, 15) is 4.79 Å². The molecule has 0 aliphatic rings. The van der Waals surface area contributed by atoms with Gasteiger partial charge >= 0.3 is 0 Å². The van der Waals surface area contributed by atoms with E-state index >= 15 is 0 Å². The normalized spacial score (nSPS) is 10.8. The van der Waals surface area contributed by atoms with Crippen molar-refractivity contribution in [3.05, 3.63) is 44.3 Å². The van der Waals surface area contributed by atoms with Gasteiger partial charge in [-0.1, -0.05) is 12.1 Å². The molecule has 6 heteroatoms. The highest BCUT2D eigenvalue weighted by molar-refractivity contribution is 9.10. The lowest BCUT2D eigenvalue weighted by molar-refractivity contribution is 0.0967. The first-order valence-corrected chi connectivity index (χ1v) is 7.44. The smallest absolute Gasteiger partial charge is 0.262 e. The summed E-state index contributed by atoms with van der Waals surface area (Å²) in [6, 6.07) is 5.80. The molecule has 2 rings (SSSR count). The zero-order chi connectivity index (χ0) is 14.5. The van der Waals surface area contributed by atoms with E-state index in [-0.39, 0.29) is 5.91 Å². The molecule has 1 amide bonds. The molecule has 104 valence electrons. The Morgan fingerprint density at radius 3 is 2.90 bits per heavy atom. The molecule has 0 aliphatic carbocycles. The SMILES string of the molecule is CNC(=O)c1cnc(/C=C\c2ccc(OC)c(Br)c2)s1. The van der Waals surface area contributed by atoms with E-state index in [0.29, 0.717) is 4.88 Å². The van der Waals surface area contributed by atoms with Crippen molar-refractivity contribution in [1.82, 2.24) is 10.3 Å². The molecule has 0 radical (unpaired) electrons. The summed E-state index contributed by atoms with van der Waals surface area (Å²) in [7, 11) is 3.23. The van der Waals surface area contributed by atoms with Crippen molar-refractivity contribution in [2.45, 2.75) is 0 Å². The topological polar surface area (TPSA) is 51.2 Å². The lowest BCUT2D eigenvalue weighted by atomic mass is 10.2. The van der Waals surface area contributed by atoms with Crippen molar-refractivity contribution < 1.29 is 9.53 Å². The van der Waals surface area contributed by atoms with Crippen molar-refractivity contribution in [2.75, 3.05) is 14.2 Å². The van der Waals surface area contributed by atoms with Crippen LogP contribution in [0.3, 0.4) is 0 Å². The summed E-state index contributed by atoms with van der Waals surface area (Å²) in [5.41, 5.74) is 1.02. The van der Waals surface area contributed by atoms with Crippen LogP contribution in [-0.2, 0) is 0 Å². The average Bonchev–Trinajstić information content (AvgIpc) is 2.93. The van der Waals surface area contributed by atoms with E-state index in [1.165, 1.54) is 11.3 Å². The van der Waals surface area contributed by atoms with Gasteiger partial charge in [0.05, 0.1) is 17.8 Å². The summed E-state index contributed by atoms with van der Waals surface area (Å²) in [4.78, 5) is 16.2. The van der Waals surface area contributed by atoms with Crippen molar-refractivity contribution in [1.29, 1.82) is 0 Å². The van der Waals surface area contributed by atoms with Crippen molar-refractivity contribution >= 4 is 45.3 Å². The Morgan fingerprint density at radius 2 is 2.25 bits per heavy atom. The average molecular weight is 353 g/mol. The van der Waals surface area contributed by atoms with Gasteiger partial charge in [-0.05, 0) is 39.7 Å². The number of ether oxygens (including phenoxy) is 1. The van der Waals surface area contributed by atoms with E-state index in [1.807, 2.05) is 30.4 Å². The molecule has 0 atom stereocenters. The summed E-state index contributed by atoms with van der Waals surface area (Å²) in [5.74, 6) is 0.674. The van der Waals surface area contributed by atoms with Gasteiger partial charge < -0.3 is 10.1 Å². The minimum absolute atomic E-state index is 0.116. The van der Waals surface area contributed by atoms with Crippen LogP contribution >= 0.6 is 27.3 Å². The lowest BCUT2D eigenvalue weighted by Crippen LogP contribution is -2.16. The number of nitrogens with one attached hydrogen (secondary N) is 1. The van der Waals surface area contributed by atoms with Crippen LogP contribution in [0.25, 0.3) is 12.2 Å². The van der Waals surface area contributed by atoms with Crippen LogP contribution in [0.4, 0.5) is 0 Å². The van der Waals surface area contributed by atoms with Crippen LogP contribution in [-0.4, -0.2) is 25.0 Å². The third kappa shape index (κ3) is 3.46. The van der Waals surface area contributed by atoms with E-state index in [2.05, 4.69) is 26.2 Å². The fourth-order valence-electron chi connectivity index (χ4n) is 1.55. The van der Waals surface area contributed by atoms with E-state index in [1.54, 1.807) is 20.4 Å². The second kappa shape index (κ2) is 6.67. The maximum Gasteiger partial charge on any atom is 0.262 e. The Morgan fingerprint density at radius 1 is 1.45 bits per heavy atom. The first kappa shape index (κ1) is 14.7. The molecule has 1 heterocycles. The first-order valence-electron chi connectivity index (χ1n) is 5.83. The quantitative estimate of drug-likeness (QED) is 0.916. The van der Waals surface area contributed by atoms with Gasteiger partial charge in [-0.3, -0.25) is 4.79 Å². The van der Waals surface area contributed by atoms with Gasteiger partial charge in [0.15, 0.2) is 0 Å². The standard InChI is InChI=1S/C14H13BrN2O2S/c1-16-14(18)12-8-17-13(20-12)6-4-9-3-5-11(19-2)10(15)7-9/h3-8H,1-2H3,(H,16,18)/b6-4-. The lowest BCUT2D eigenvalue weighted by Gasteiger charge is -2.03. The minimum Gasteiger partial charge on any atom is -0.496 e. The molecule has 1 aromatic carbocycles. The second-order valence-electron chi connectivity index (χ2n) is 3.87. The number of hydrogen-bond acceptors (Lipinski definition) is 4. The number of thiazole rings is 1. The summed E-state index contributed by atoms with van der Waals surface area (Å²) >= 11 is 4.79. The van der Waals surface area contributed by atoms with Crippen molar-refractivity contribution in [2.24, 2.45) is 0 Å². The summed E-state index contributed by atoms with van der Waals surface area (Å²) in [6.45, 7) is 0. The van der Waals surface area contributed by atoms with Gasteiger partial charge in [-0.25, -0.2) is 4.98 Å². The number of hydrogen-bond donors (Lipinski definition) is 1. The number of halogens is 1. The molecular weight excluding hydrogens is 340 g/mol. The summed E-state index contributed by atoms with van der Waals surface area (Å²) in [6.07, 6.45) is 5.40. The number of methoxy groups -OCH3 is 1. The summed E-state index contributed by atoms with van der Waals surface area (Å²) in [5, 5.41) is 3.36. The first-order chi connectivity index (χ1) is 9.63. The molecule has 0 saturated carbocycles. The molecule has 0 fully saturated rings. The van der Waals surface area contributed by atoms with Crippen molar-refractivity contribution in [3.8, 4) is 5.75 Å². The predicted molar refractivity (Wildman–Crippen MR) is 85.1 cm³/mol. The molecule has 1 N–H and O–H groups in total. The fraction of sp³-hybridized carbons (Fsp3) is 0.143. The van der Waals surface area contributed by atoms with E-state index < -0.39 is 0 Å². The van der Waals surface area contributed by atoms with E-state index in [0.717, 1.165) is 20.8 Å². The van der Waals surface area contributed by atoms with Crippen LogP contribution in [0.5, 0.6) is 5.75 Å². The van der Waals surface area contributed by atoms with Gasteiger partial charge in [0, 0.05) is 7.05 Å². The largest absolute Gasteiger partial charge is 0.496 e. The Kier molecular flexibility index (Phi) is 4.92. The fourth-order valence-corrected chi connectivity index (χ4v) is 2.87. The van der Waals surface area contributed by atoms with Crippen LogP contribution in [0.2, 0.25) is 0 Å². The minimum atomic E-state index is -0.116. The molecule has 0 aliphatic heterocycles. The Balaban J connectivity index is 2.15. The number of carbonyl (C=O) groups excluding carboxylic acids is 1. The molecular formula is C14H13BrN2O2S. The number of carbonyl (C=O) groups is 1. The van der Waals surface area contributed by atoms with Gasteiger partial charge in [-0.15, -0.1) is 11.3 Å². The maximum atomic E-state index is 11.4.